The Morgan fingerprint density at radius 3 is 1.94 bits per heavy atom. The van der Waals surface area contributed by atoms with E-state index in [1.165, 1.54) is 24.3 Å². The molecule has 0 N–H and O–H groups in total. The summed E-state index contributed by atoms with van der Waals surface area (Å²) >= 11 is 0. The van der Waals surface area contributed by atoms with Gasteiger partial charge in [-0.05, 0) is 24.3 Å². The molecule has 0 fully saturated rings. The molecule has 0 radical (unpaired) electrons. The summed E-state index contributed by atoms with van der Waals surface area (Å²) in [6.07, 6.45) is 0. The Morgan fingerprint density at radius 2 is 1.41 bits per heavy atom. The van der Waals surface area contributed by atoms with Crippen molar-refractivity contribution < 1.29 is 9.13 Å². The average molecular weight is 247 g/mol. The standard InChI is InChI=1S/C12H9NO3S/c14-13(15)10-6-8-12(9-7-10)17(16)11-4-2-1-3-5-11/h1-9H/t17-/m0/s1. The van der Waals surface area contributed by atoms with Crippen molar-refractivity contribution in [3.8, 4) is 0 Å². The van der Waals surface area contributed by atoms with Crippen LogP contribution in [0.1, 0.15) is 0 Å². The molecule has 86 valence electrons. The van der Waals surface area contributed by atoms with Crippen LogP contribution in [-0.2, 0) is 10.8 Å². The smallest absolute Gasteiger partial charge is 0.258 e. The third kappa shape index (κ3) is 2.57. The molecule has 0 saturated carbocycles. The quantitative estimate of drug-likeness (QED) is 0.619. The molecule has 0 aliphatic heterocycles. The third-order valence-corrected chi connectivity index (χ3v) is 3.62. The molecule has 2 rings (SSSR count). The van der Waals surface area contributed by atoms with Crippen LogP contribution in [0.4, 0.5) is 5.69 Å². The van der Waals surface area contributed by atoms with E-state index in [9.17, 15) is 14.3 Å². The second kappa shape index (κ2) is 4.88. The van der Waals surface area contributed by atoms with Crippen molar-refractivity contribution in [3.63, 3.8) is 0 Å². The van der Waals surface area contributed by atoms with Gasteiger partial charge in [-0.15, -0.1) is 0 Å². The zero-order chi connectivity index (χ0) is 12.3. The number of non-ortho nitro benzene ring substituents is 1. The molecule has 5 heteroatoms. The zero-order valence-electron chi connectivity index (χ0n) is 8.78. The summed E-state index contributed by atoms with van der Waals surface area (Å²) in [7, 11) is -1.29. The first-order valence-electron chi connectivity index (χ1n) is 4.90. The Labute approximate surface area is 101 Å². The zero-order valence-corrected chi connectivity index (χ0v) is 9.59. The van der Waals surface area contributed by atoms with E-state index < -0.39 is 15.7 Å². The van der Waals surface area contributed by atoms with Crippen molar-refractivity contribution in [2.75, 3.05) is 0 Å². The van der Waals surface area contributed by atoms with Gasteiger partial charge in [0.15, 0.2) is 0 Å². The normalized spacial score (nSPS) is 12.0. The summed E-state index contributed by atoms with van der Waals surface area (Å²) in [4.78, 5) is 11.2. The predicted molar refractivity (Wildman–Crippen MR) is 64.2 cm³/mol. The first-order chi connectivity index (χ1) is 8.18. The average Bonchev–Trinajstić information content (AvgIpc) is 2.39. The minimum Gasteiger partial charge on any atom is -0.258 e. The number of hydrogen-bond acceptors (Lipinski definition) is 3. The van der Waals surface area contributed by atoms with Gasteiger partial charge in [0.1, 0.15) is 0 Å². The van der Waals surface area contributed by atoms with Crippen LogP contribution in [-0.4, -0.2) is 9.13 Å². The van der Waals surface area contributed by atoms with Crippen LogP contribution < -0.4 is 0 Å². The van der Waals surface area contributed by atoms with Gasteiger partial charge in [0.2, 0.25) is 0 Å². The lowest BCUT2D eigenvalue weighted by molar-refractivity contribution is -0.384. The van der Waals surface area contributed by atoms with Gasteiger partial charge in [-0.2, -0.15) is 0 Å². The van der Waals surface area contributed by atoms with Crippen molar-refractivity contribution >= 4 is 16.5 Å². The lowest BCUT2D eigenvalue weighted by Gasteiger charge is -2.01. The van der Waals surface area contributed by atoms with Gasteiger partial charge in [0.25, 0.3) is 5.69 Å². The Morgan fingerprint density at radius 1 is 0.882 bits per heavy atom. The maximum absolute atomic E-state index is 12.1. The lowest BCUT2D eigenvalue weighted by atomic mass is 10.3. The predicted octanol–water partition coefficient (Wildman–Crippen LogP) is 2.76. The van der Waals surface area contributed by atoms with E-state index >= 15 is 0 Å². The molecule has 0 aliphatic carbocycles. The number of hydrogen-bond donors (Lipinski definition) is 0. The highest BCUT2D eigenvalue weighted by atomic mass is 32.2. The SMILES string of the molecule is O=[N+]([O-])c1ccc([S@@](=O)c2ccccc2)cc1. The van der Waals surface area contributed by atoms with Crippen LogP contribution in [0.25, 0.3) is 0 Å². The fourth-order valence-electron chi connectivity index (χ4n) is 1.37. The van der Waals surface area contributed by atoms with Crippen LogP contribution in [0.2, 0.25) is 0 Å². The first kappa shape index (κ1) is 11.5. The molecule has 0 unspecified atom stereocenters. The van der Waals surface area contributed by atoms with E-state index in [1.807, 2.05) is 6.07 Å². The van der Waals surface area contributed by atoms with Gasteiger partial charge in [0, 0.05) is 21.9 Å². The van der Waals surface area contributed by atoms with Crippen LogP contribution in [0.15, 0.2) is 64.4 Å². The number of nitrogens with zero attached hydrogens (tertiary/aromatic N) is 1. The van der Waals surface area contributed by atoms with Crippen LogP contribution in [0.5, 0.6) is 0 Å². The molecule has 0 bridgehead atoms. The summed E-state index contributed by atoms with van der Waals surface area (Å²) in [5.74, 6) is 0. The van der Waals surface area contributed by atoms with Gasteiger partial charge < -0.3 is 0 Å². The molecule has 0 heterocycles. The number of nitro benzene ring substituents is 1. The topological polar surface area (TPSA) is 60.2 Å². The maximum atomic E-state index is 12.1. The number of benzene rings is 2. The van der Waals surface area contributed by atoms with E-state index in [2.05, 4.69) is 0 Å². The Balaban J connectivity index is 2.30. The van der Waals surface area contributed by atoms with Crippen LogP contribution in [0, 0.1) is 10.1 Å². The van der Waals surface area contributed by atoms with Gasteiger partial charge in [-0.25, -0.2) is 4.21 Å². The summed E-state index contributed by atoms with van der Waals surface area (Å²) in [5.41, 5.74) is -0.00110. The summed E-state index contributed by atoms with van der Waals surface area (Å²) in [6.45, 7) is 0. The van der Waals surface area contributed by atoms with Gasteiger partial charge in [-0.3, -0.25) is 10.1 Å². The Hall–Kier alpha value is -2.01. The van der Waals surface area contributed by atoms with Crippen LogP contribution >= 0.6 is 0 Å². The lowest BCUT2D eigenvalue weighted by Crippen LogP contribution is -1.93. The summed E-state index contributed by atoms with van der Waals surface area (Å²) < 4.78 is 12.1. The van der Waals surface area contributed by atoms with Crippen molar-refractivity contribution in [1.82, 2.24) is 0 Å². The van der Waals surface area contributed by atoms with Crippen molar-refractivity contribution in [3.05, 3.63) is 64.7 Å². The third-order valence-electron chi connectivity index (χ3n) is 2.22. The molecule has 1 atom stereocenters. The van der Waals surface area contributed by atoms with Gasteiger partial charge >= 0.3 is 0 Å². The van der Waals surface area contributed by atoms with E-state index in [0.717, 1.165) is 0 Å². The molecular weight excluding hydrogens is 238 g/mol. The second-order valence-electron chi connectivity index (χ2n) is 3.33. The largest absolute Gasteiger partial charge is 0.269 e. The maximum Gasteiger partial charge on any atom is 0.269 e. The fourth-order valence-corrected chi connectivity index (χ4v) is 2.43. The van der Waals surface area contributed by atoms with E-state index in [0.29, 0.717) is 9.79 Å². The van der Waals surface area contributed by atoms with E-state index in [1.54, 1.807) is 24.3 Å². The monoisotopic (exact) mass is 247 g/mol. The van der Waals surface area contributed by atoms with Crippen molar-refractivity contribution in [2.45, 2.75) is 9.79 Å². The van der Waals surface area contributed by atoms with E-state index in [-0.39, 0.29) is 5.69 Å². The summed E-state index contributed by atoms with van der Waals surface area (Å²) in [5, 5.41) is 10.5. The highest BCUT2D eigenvalue weighted by Gasteiger charge is 2.09. The van der Waals surface area contributed by atoms with E-state index in [4.69, 9.17) is 0 Å². The molecule has 2 aromatic rings. The molecule has 17 heavy (non-hydrogen) atoms. The number of rotatable bonds is 3. The second-order valence-corrected chi connectivity index (χ2v) is 4.81. The van der Waals surface area contributed by atoms with Crippen molar-refractivity contribution in [2.24, 2.45) is 0 Å². The van der Waals surface area contributed by atoms with Gasteiger partial charge in [-0.1, -0.05) is 18.2 Å². The van der Waals surface area contributed by atoms with Gasteiger partial charge in [0.05, 0.1) is 15.7 Å². The van der Waals surface area contributed by atoms with Crippen LogP contribution in [0.3, 0.4) is 0 Å². The Kier molecular flexibility index (Phi) is 3.30. The molecule has 0 spiro atoms. The molecule has 0 amide bonds. The molecule has 2 aromatic carbocycles. The minimum absolute atomic E-state index is 0.00110. The summed E-state index contributed by atoms with van der Waals surface area (Å²) in [6, 6.07) is 14.7. The van der Waals surface area contributed by atoms with Crippen molar-refractivity contribution in [1.29, 1.82) is 0 Å². The Bertz CT molecular complexity index is 552. The highest BCUT2D eigenvalue weighted by Crippen LogP contribution is 2.19. The molecular formula is C12H9NO3S. The fraction of sp³-hybridized carbons (Fsp3) is 0. The molecule has 0 aromatic heterocycles. The molecule has 0 saturated heterocycles. The minimum atomic E-state index is -1.29. The molecule has 0 aliphatic rings. The molecule has 4 nitrogen and oxygen atoms in total. The number of nitro groups is 1. The highest BCUT2D eigenvalue weighted by molar-refractivity contribution is 7.85. The first-order valence-corrected chi connectivity index (χ1v) is 6.05.